The maximum Gasteiger partial charge on any atom is 0.514 e. The number of carbonyl (C=O) groups excluding carboxylic acids is 1. The predicted molar refractivity (Wildman–Crippen MR) is 219 cm³/mol. The van der Waals surface area contributed by atoms with Crippen molar-refractivity contribution in [3.63, 3.8) is 0 Å². The molecule has 2 aliphatic heterocycles. The predicted octanol–water partition coefficient (Wildman–Crippen LogP) is 10.6. The second-order valence-electron chi connectivity index (χ2n) is 19.7. The van der Waals surface area contributed by atoms with Crippen LogP contribution in [-0.4, -0.2) is 43.9 Å². The zero-order chi connectivity index (χ0) is 37.5. The molecule has 2 aromatic rings. The molecule has 0 amide bonds. The average molecular weight is 765 g/mol. The first kappa shape index (κ1) is 37.5. The minimum atomic E-state index is -0.693. The second-order valence-corrected chi connectivity index (χ2v) is 19.7. The van der Waals surface area contributed by atoms with E-state index in [1.54, 1.807) is 0 Å². The van der Waals surface area contributed by atoms with Crippen LogP contribution in [0.3, 0.4) is 0 Å². The van der Waals surface area contributed by atoms with Crippen molar-refractivity contribution in [3.05, 3.63) is 58.7 Å². The average Bonchev–Trinajstić information content (AvgIpc) is 3.22. The number of rotatable bonds is 10. The molecule has 2 heterocycles. The van der Waals surface area contributed by atoms with Gasteiger partial charge in [-0.1, -0.05) is 102 Å². The normalized spacial score (nSPS) is 33.7. The van der Waals surface area contributed by atoms with Crippen molar-refractivity contribution in [3.8, 4) is 11.5 Å². The molecule has 8 aliphatic rings. The zero-order valence-corrected chi connectivity index (χ0v) is 34.0. The fourth-order valence-corrected chi connectivity index (χ4v) is 14.1. The van der Waals surface area contributed by atoms with Crippen LogP contribution in [0, 0.1) is 23.7 Å². The van der Waals surface area contributed by atoms with Crippen LogP contribution < -0.4 is 20.1 Å². The SMILES string of the molecule is O=C(OC(CC1CCCCC1)Oc1ccc2c(c1)[C@@]13CCCC[C@H]1[C@@H](C2)NCC3)OC(CC1CCCCC1)Oc1ccc2c(c1)[C@@]13CCCC[C@H]1[C@@H](C2)NCC3. The molecule has 8 atom stereocenters. The van der Waals surface area contributed by atoms with Gasteiger partial charge in [-0.25, -0.2) is 4.79 Å². The van der Waals surface area contributed by atoms with Crippen LogP contribution in [0.1, 0.15) is 164 Å². The Morgan fingerprint density at radius 1 is 0.571 bits per heavy atom. The highest BCUT2D eigenvalue weighted by molar-refractivity contribution is 5.60. The Kier molecular flexibility index (Phi) is 10.8. The summed E-state index contributed by atoms with van der Waals surface area (Å²) in [6.07, 6.45) is 26.6. The summed E-state index contributed by atoms with van der Waals surface area (Å²) in [5.41, 5.74) is 6.43. The maximum absolute atomic E-state index is 14.0. The Balaban J connectivity index is 0.884. The van der Waals surface area contributed by atoms with Gasteiger partial charge in [0.25, 0.3) is 0 Å². The molecule has 6 fully saturated rings. The van der Waals surface area contributed by atoms with Gasteiger partial charge in [-0.2, -0.15) is 0 Å². The van der Waals surface area contributed by atoms with Crippen LogP contribution in [-0.2, 0) is 33.1 Å². The molecule has 304 valence electrons. The van der Waals surface area contributed by atoms with Gasteiger partial charge >= 0.3 is 6.16 Å². The quantitative estimate of drug-likeness (QED) is 0.184. The van der Waals surface area contributed by atoms with Crippen LogP contribution in [0.4, 0.5) is 4.79 Å². The van der Waals surface area contributed by atoms with E-state index >= 15 is 0 Å². The van der Waals surface area contributed by atoms with E-state index in [-0.39, 0.29) is 10.8 Å². The molecule has 4 bridgehead atoms. The minimum absolute atomic E-state index is 0.243. The Morgan fingerprint density at radius 2 is 1.02 bits per heavy atom. The third kappa shape index (κ3) is 7.28. The van der Waals surface area contributed by atoms with E-state index in [0.29, 0.717) is 48.6 Å². The molecular formula is C49H68N2O5. The van der Waals surface area contributed by atoms with Crippen LogP contribution in [0.5, 0.6) is 11.5 Å². The van der Waals surface area contributed by atoms with Gasteiger partial charge in [-0.3, -0.25) is 0 Å². The van der Waals surface area contributed by atoms with Gasteiger partial charge in [0.2, 0.25) is 12.6 Å². The van der Waals surface area contributed by atoms with Crippen LogP contribution in [0.25, 0.3) is 0 Å². The molecular weight excluding hydrogens is 697 g/mol. The van der Waals surface area contributed by atoms with E-state index in [4.69, 9.17) is 18.9 Å². The molecule has 0 aromatic heterocycles. The van der Waals surface area contributed by atoms with E-state index in [1.165, 1.54) is 125 Å². The summed E-state index contributed by atoms with van der Waals surface area (Å²) in [5.74, 6) is 4.03. The lowest BCUT2D eigenvalue weighted by atomic mass is 9.53. The highest BCUT2D eigenvalue weighted by Crippen LogP contribution is 2.56. The number of carbonyl (C=O) groups is 1. The second kappa shape index (κ2) is 16.1. The summed E-state index contributed by atoms with van der Waals surface area (Å²) in [4.78, 5) is 14.0. The third-order valence-corrected chi connectivity index (χ3v) is 16.7. The summed E-state index contributed by atoms with van der Waals surface area (Å²) in [6.45, 7) is 2.19. The molecule has 4 saturated carbocycles. The van der Waals surface area contributed by atoms with Crippen LogP contribution in [0.2, 0.25) is 0 Å². The van der Waals surface area contributed by atoms with Crippen LogP contribution in [0.15, 0.2) is 36.4 Å². The van der Waals surface area contributed by atoms with Gasteiger partial charge in [-0.15, -0.1) is 0 Å². The molecule has 7 nitrogen and oxygen atoms in total. The molecule has 56 heavy (non-hydrogen) atoms. The third-order valence-electron chi connectivity index (χ3n) is 16.7. The number of hydrogen-bond donors (Lipinski definition) is 2. The molecule has 2 unspecified atom stereocenters. The Bertz CT molecular complexity index is 1570. The lowest BCUT2D eigenvalue weighted by Gasteiger charge is -2.56. The number of ether oxygens (including phenoxy) is 4. The van der Waals surface area contributed by atoms with E-state index in [1.807, 2.05) is 0 Å². The highest BCUT2D eigenvalue weighted by atomic mass is 16.8. The Hall–Kier alpha value is -2.77. The first-order valence-electron chi connectivity index (χ1n) is 23.5. The lowest BCUT2D eigenvalue weighted by molar-refractivity contribution is -0.121. The first-order valence-corrected chi connectivity index (χ1v) is 23.5. The summed E-state index contributed by atoms with van der Waals surface area (Å²) in [5, 5.41) is 7.75. The first-order chi connectivity index (χ1) is 27.5. The lowest BCUT2D eigenvalue weighted by Crippen LogP contribution is -2.59. The monoisotopic (exact) mass is 765 g/mol. The number of fused-ring (bicyclic) bond motifs is 2. The molecule has 7 heteroatoms. The molecule has 2 saturated heterocycles. The smallest absolute Gasteiger partial charge is 0.455 e. The number of nitrogens with one attached hydrogen (secondary N) is 2. The van der Waals surface area contributed by atoms with Gasteiger partial charge in [0.05, 0.1) is 0 Å². The van der Waals surface area contributed by atoms with Gasteiger partial charge in [0.15, 0.2) is 0 Å². The molecule has 0 spiro atoms. The van der Waals surface area contributed by atoms with Gasteiger partial charge < -0.3 is 29.6 Å². The molecule has 10 rings (SSSR count). The number of piperidine rings is 2. The molecule has 6 aliphatic carbocycles. The topological polar surface area (TPSA) is 78.1 Å². The van der Waals surface area contributed by atoms with Gasteiger partial charge in [-0.05, 0) is 135 Å². The maximum atomic E-state index is 14.0. The molecule has 2 aromatic carbocycles. The highest BCUT2D eigenvalue weighted by Gasteiger charge is 2.53. The number of benzene rings is 2. The van der Waals surface area contributed by atoms with Crippen molar-refractivity contribution in [1.82, 2.24) is 10.6 Å². The summed E-state index contributed by atoms with van der Waals surface area (Å²) >= 11 is 0. The van der Waals surface area contributed by atoms with Crippen molar-refractivity contribution in [2.45, 2.75) is 190 Å². The van der Waals surface area contributed by atoms with Crippen molar-refractivity contribution >= 4 is 6.16 Å². The van der Waals surface area contributed by atoms with E-state index < -0.39 is 18.7 Å². The molecule has 0 radical (unpaired) electrons. The summed E-state index contributed by atoms with van der Waals surface area (Å²) in [7, 11) is 0. The van der Waals surface area contributed by atoms with Crippen molar-refractivity contribution in [2.24, 2.45) is 23.7 Å². The van der Waals surface area contributed by atoms with Crippen LogP contribution >= 0.6 is 0 Å². The fraction of sp³-hybridized carbons (Fsp3) is 0.735. The minimum Gasteiger partial charge on any atom is -0.455 e. The van der Waals surface area contributed by atoms with Crippen molar-refractivity contribution in [2.75, 3.05) is 13.1 Å². The fourth-order valence-electron chi connectivity index (χ4n) is 14.1. The Morgan fingerprint density at radius 3 is 1.48 bits per heavy atom. The zero-order valence-electron chi connectivity index (χ0n) is 34.0. The van der Waals surface area contributed by atoms with E-state index in [0.717, 1.165) is 63.1 Å². The standard InChI is InChI=1S/C49H68N2O5/c52-47(55-45(27-33-11-3-1-4-12-33)53-37-19-17-35-29-43-39-15-7-9-21-48(39,23-25-50-43)41(35)31-37)56-46(28-34-13-5-2-6-14-34)54-38-20-18-36-30-44-40-16-8-10-22-49(40,24-26-51-44)42(36)32-38/h17-20,31-34,39-40,43-46,50-51H,1-16,21-30H2/t39-,40-,43+,44+,45?,46?,48+,49+/m0/s1. The van der Waals surface area contributed by atoms with Gasteiger partial charge in [0, 0.05) is 35.8 Å². The van der Waals surface area contributed by atoms with Crippen molar-refractivity contribution in [1.29, 1.82) is 0 Å². The largest absolute Gasteiger partial charge is 0.514 e. The van der Waals surface area contributed by atoms with E-state index in [9.17, 15) is 4.79 Å². The van der Waals surface area contributed by atoms with Crippen molar-refractivity contribution < 1.29 is 23.7 Å². The van der Waals surface area contributed by atoms with Gasteiger partial charge in [0.1, 0.15) is 11.5 Å². The molecule has 2 N–H and O–H groups in total. The summed E-state index contributed by atoms with van der Waals surface area (Å²) in [6, 6.07) is 14.7. The number of hydrogen-bond acceptors (Lipinski definition) is 7. The summed E-state index contributed by atoms with van der Waals surface area (Å²) < 4.78 is 26.1. The van der Waals surface area contributed by atoms with E-state index in [2.05, 4.69) is 47.0 Å². The Labute approximate surface area is 336 Å².